The number of hydrogen-bond acceptors (Lipinski definition) is 6. The van der Waals surface area contributed by atoms with Crippen LogP contribution < -0.4 is 4.74 Å². The molecule has 1 amide bonds. The van der Waals surface area contributed by atoms with E-state index in [9.17, 15) is 14.4 Å². The van der Waals surface area contributed by atoms with Gasteiger partial charge in [0.1, 0.15) is 5.75 Å². The molecule has 0 fully saturated rings. The normalized spacial score (nSPS) is 11.9. The minimum Gasteiger partial charge on any atom is -0.481 e. The Bertz CT molecular complexity index is 626. The molecule has 0 radical (unpaired) electrons. The number of nitrogens with zero attached hydrogens (tertiary/aromatic N) is 1. The Morgan fingerprint density at radius 2 is 1.23 bits per heavy atom. The molecule has 0 N–H and O–H groups in total. The summed E-state index contributed by atoms with van der Waals surface area (Å²) in [7, 11) is 2.48. The van der Waals surface area contributed by atoms with Crippen LogP contribution in [0.3, 0.4) is 0 Å². The van der Waals surface area contributed by atoms with Crippen LogP contribution in [0.2, 0.25) is 0 Å². The van der Waals surface area contributed by atoms with E-state index < -0.39 is 18.0 Å². The minimum absolute atomic E-state index is 0.0144. The fraction of sp³-hybridized carbons (Fsp3) is 0.526. The lowest BCUT2D eigenvalue weighted by atomic mass is 10.1. The van der Waals surface area contributed by atoms with E-state index in [0.29, 0.717) is 0 Å². The van der Waals surface area contributed by atoms with E-state index >= 15 is 0 Å². The Kier molecular flexibility index (Phi) is 7.61. The molecule has 0 spiro atoms. The molecule has 0 heterocycles. The fourth-order valence-corrected chi connectivity index (χ4v) is 2.71. The van der Waals surface area contributed by atoms with Crippen molar-refractivity contribution in [1.82, 2.24) is 4.90 Å². The molecule has 0 aliphatic carbocycles. The number of ether oxygens (including phenoxy) is 3. The second-order valence-electron chi connectivity index (χ2n) is 6.42. The predicted molar refractivity (Wildman–Crippen MR) is 96.3 cm³/mol. The molecule has 1 aromatic carbocycles. The van der Waals surface area contributed by atoms with Gasteiger partial charge >= 0.3 is 11.9 Å². The summed E-state index contributed by atoms with van der Waals surface area (Å²) in [6, 6.07) is 4.24. The Morgan fingerprint density at radius 1 is 0.808 bits per heavy atom. The molecule has 0 bridgehead atoms. The van der Waals surface area contributed by atoms with Gasteiger partial charge in [-0.1, -0.05) is 0 Å². The first-order chi connectivity index (χ1) is 12.1. The molecule has 0 unspecified atom stereocenters. The van der Waals surface area contributed by atoms with E-state index in [-0.39, 0.29) is 34.9 Å². The number of methoxy groups -OCH3 is 2. The summed E-state index contributed by atoms with van der Waals surface area (Å²) in [6.45, 7) is 9.34. The third-order valence-corrected chi connectivity index (χ3v) is 3.78. The van der Waals surface area contributed by atoms with Crippen LogP contribution in [0, 0.1) is 0 Å². The van der Waals surface area contributed by atoms with E-state index in [0.717, 1.165) is 0 Å². The van der Waals surface area contributed by atoms with Crippen LogP contribution in [-0.2, 0) is 14.3 Å². The van der Waals surface area contributed by atoms with Gasteiger partial charge in [0.05, 0.1) is 25.3 Å². The van der Waals surface area contributed by atoms with Gasteiger partial charge in [-0.25, -0.2) is 9.59 Å². The average Bonchev–Trinajstić information content (AvgIpc) is 2.59. The van der Waals surface area contributed by atoms with Crippen molar-refractivity contribution in [2.45, 2.75) is 52.8 Å². The maximum absolute atomic E-state index is 12.7. The third-order valence-electron chi connectivity index (χ3n) is 3.78. The Hall–Kier alpha value is -2.57. The van der Waals surface area contributed by atoms with Gasteiger partial charge < -0.3 is 19.1 Å². The topological polar surface area (TPSA) is 82.1 Å². The molecular weight excluding hydrogens is 338 g/mol. The maximum Gasteiger partial charge on any atom is 0.338 e. The Morgan fingerprint density at radius 3 is 1.58 bits per heavy atom. The summed E-state index contributed by atoms with van der Waals surface area (Å²) in [5.41, 5.74) is 0.268. The fourth-order valence-electron chi connectivity index (χ4n) is 2.71. The summed E-state index contributed by atoms with van der Waals surface area (Å²) in [6.07, 6.45) is -0.793. The number of amides is 1. The lowest BCUT2D eigenvalue weighted by Gasteiger charge is -2.33. The second kappa shape index (κ2) is 9.22. The molecule has 7 heteroatoms. The lowest BCUT2D eigenvalue weighted by molar-refractivity contribution is -0.141. The second-order valence-corrected chi connectivity index (χ2v) is 6.42. The van der Waals surface area contributed by atoms with E-state index in [4.69, 9.17) is 14.2 Å². The van der Waals surface area contributed by atoms with Gasteiger partial charge in [0.25, 0.3) is 5.91 Å². The Labute approximate surface area is 154 Å². The highest BCUT2D eigenvalue weighted by atomic mass is 16.5. The van der Waals surface area contributed by atoms with Crippen molar-refractivity contribution in [1.29, 1.82) is 0 Å². The molecule has 1 rings (SSSR count). The first kappa shape index (κ1) is 21.5. The summed E-state index contributed by atoms with van der Waals surface area (Å²) in [5.74, 6) is -1.21. The van der Waals surface area contributed by atoms with Crippen molar-refractivity contribution in [3.8, 4) is 5.75 Å². The standard InChI is InChI=1S/C19H27NO6/c1-11(2)20(12(3)4)17(21)13(5)26-16-9-14(18(22)24-6)8-15(10-16)19(23)25-7/h8-13H,1-7H3/t13-/m0/s1. The zero-order valence-corrected chi connectivity index (χ0v) is 16.4. The smallest absolute Gasteiger partial charge is 0.338 e. The minimum atomic E-state index is -0.793. The highest BCUT2D eigenvalue weighted by molar-refractivity contribution is 5.96. The molecule has 0 aromatic heterocycles. The number of rotatable bonds is 7. The van der Waals surface area contributed by atoms with Crippen LogP contribution in [0.5, 0.6) is 5.75 Å². The van der Waals surface area contributed by atoms with Crippen LogP contribution in [0.25, 0.3) is 0 Å². The SMILES string of the molecule is COC(=O)c1cc(O[C@@H](C)C(=O)N(C(C)C)C(C)C)cc(C(=O)OC)c1. The van der Waals surface area contributed by atoms with E-state index in [1.165, 1.54) is 32.4 Å². The molecular formula is C19H27NO6. The monoisotopic (exact) mass is 365 g/mol. The van der Waals surface area contributed by atoms with Crippen LogP contribution in [-0.4, -0.2) is 55.2 Å². The van der Waals surface area contributed by atoms with Crippen LogP contribution in [0.1, 0.15) is 55.3 Å². The zero-order valence-electron chi connectivity index (χ0n) is 16.4. The number of carbonyl (C=O) groups is 3. The molecule has 0 saturated carbocycles. The van der Waals surface area contributed by atoms with Gasteiger partial charge in [0, 0.05) is 12.1 Å². The predicted octanol–water partition coefficient (Wildman–Crippen LogP) is 2.67. The van der Waals surface area contributed by atoms with Gasteiger partial charge in [0.2, 0.25) is 0 Å². The van der Waals surface area contributed by atoms with E-state index in [2.05, 4.69) is 0 Å². The highest BCUT2D eigenvalue weighted by Crippen LogP contribution is 2.21. The third kappa shape index (κ3) is 5.21. The van der Waals surface area contributed by atoms with Gasteiger partial charge in [-0.15, -0.1) is 0 Å². The van der Waals surface area contributed by atoms with Gasteiger partial charge in [-0.3, -0.25) is 4.79 Å². The molecule has 1 atom stereocenters. The van der Waals surface area contributed by atoms with Gasteiger partial charge in [-0.2, -0.15) is 0 Å². The van der Waals surface area contributed by atoms with Crippen LogP contribution in [0.15, 0.2) is 18.2 Å². The quantitative estimate of drug-likeness (QED) is 0.691. The highest BCUT2D eigenvalue weighted by Gasteiger charge is 2.27. The first-order valence-electron chi connectivity index (χ1n) is 8.42. The van der Waals surface area contributed by atoms with Crippen molar-refractivity contribution in [2.24, 2.45) is 0 Å². The molecule has 26 heavy (non-hydrogen) atoms. The molecule has 0 saturated heterocycles. The van der Waals surface area contributed by atoms with Gasteiger partial charge in [-0.05, 0) is 52.8 Å². The number of carbonyl (C=O) groups excluding carboxylic acids is 3. The van der Waals surface area contributed by atoms with Crippen molar-refractivity contribution < 1.29 is 28.6 Å². The molecule has 0 aliphatic rings. The van der Waals surface area contributed by atoms with E-state index in [1.807, 2.05) is 27.7 Å². The summed E-state index contributed by atoms with van der Waals surface area (Å²) in [5, 5.41) is 0. The maximum atomic E-state index is 12.7. The van der Waals surface area contributed by atoms with Gasteiger partial charge in [0.15, 0.2) is 6.10 Å². The first-order valence-corrected chi connectivity index (χ1v) is 8.42. The Balaban J connectivity index is 3.16. The van der Waals surface area contributed by atoms with Crippen molar-refractivity contribution in [3.05, 3.63) is 29.3 Å². The van der Waals surface area contributed by atoms with E-state index in [1.54, 1.807) is 11.8 Å². The molecule has 7 nitrogen and oxygen atoms in total. The lowest BCUT2D eigenvalue weighted by Crippen LogP contribution is -2.48. The van der Waals surface area contributed by atoms with Crippen molar-refractivity contribution >= 4 is 17.8 Å². The summed E-state index contributed by atoms with van der Waals surface area (Å²) >= 11 is 0. The number of esters is 2. The van der Waals surface area contributed by atoms with Crippen molar-refractivity contribution in [3.63, 3.8) is 0 Å². The average molecular weight is 365 g/mol. The molecule has 0 aliphatic heterocycles. The van der Waals surface area contributed by atoms with Crippen LogP contribution in [0.4, 0.5) is 0 Å². The zero-order chi connectivity index (χ0) is 20.0. The van der Waals surface area contributed by atoms with Crippen molar-refractivity contribution in [2.75, 3.05) is 14.2 Å². The molecule has 144 valence electrons. The largest absolute Gasteiger partial charge is 0.481 e. The summed E-state index contributed by atoms with van der Waals surface area (Å²) in [4.78, 5) is 38.1. The summed E-state index contributed by atoms with van der Waals surface area (Å²) < 4.78 is 15.1. The van der Waals surface area contributed by atoms with Crippen LogP contribution >= 0.6 is 0 Å². The number of hydrogen-bond donors (Lipinski definition) is 0. The molecule has 1 aromatic rings. The number of benzene rings is 1.